The van der Waals surface area contributed by atoms with Gasteiger partial charge < -0.3 is 9.13 Å². The first-order chi connectivity index (χ1) is 28.7. The SMILES string of the molecule is N#Cc1ccc(-c2cc(-c3ccccc3)nc(-c3ccc(-n4c5ccccc5c5cc(-c6ccc7c(c6)c6ccccc6n7-c6ccccc6)ccc54)cc3)n2)cc1. The lowest BCUT2D eigenvalue weighted by atomic mass is 10.0. The van der Waals surface area contributed by atoms with Gasteiger partial charge in [-0.2, -0.15) is 5.26 Å². The maximum absolute atomic E-state index is 9.37. The summed E-state index contributed by atoms with van der Waals surface area (Å²) in [6.45, 7) is 0. The highest BCUT2D eigenvalue weighted by atomic mass is 15.0. The molecular weight excluding hydrogens is 707 g/mol. The molecule has 8 aromatic carbocycles. The second-order valence-corrected chi connectivity index (χ2v) is 14.6. The van der Waals surface area contributed by atoms with Gasteiger partial charge in [0.1, 0.15) is 0 Å². The van der Waals surface area contributed by atoms with Crippen molar-refractivity contribution < 1.29 is 0 Å². The van der Waals surface area contributed by atoms with Crippen LogP contribution in [0.25, 0.3) is 100 Å². The van der Waals surface area contributed by atoms with E-state index in [1.807, 2.05) is 48.5 Å². The van der Waals surface area contributed by atoms with E-state index in [4.69, 9.17) is 9.97 Å². The number of fused-ring (bicyclic) bond motifs is 6. The number of rotatable bonds is 6. The zero-order valence-corrected chi connectivity index (χ0v) is 31.3. The molecule has 0 radical (unpaired) electrons. The Morgan fingerprint density at radius 2 is 0.776 bits per heavy atom. The van der Waals surface area contributed by atoms with Crippen LogP contribution < -0.4 is 0 Å². The highest BCUT2D eigenvalue weighted by Gasteiger charge is 2.17. The van der Waals surface area contributed by atoms with E-state index in [1.54, 1.807) is 0 Å². The van der Waals surface area contributed by atoms with Crippen LogP contribution in [0.5, 0.6) is 0 Å². The van der Waals surface area contributed by atoms with Crippen LogP contribution >= 0.6 is 0 Å². The molecule has 0 spiro atoms. The zero-order valence-electron chi connectivity index (χ0n) is 31.3. The number of aromatic nitrogens is 4. The fraction of sp³-hybridized carbons (Fsp3) is 0. The maximum atomic E-state index is 9.37. The molecule has 0 aliphatic rings. The standard InChI is InChI=1S/C53H33N5/c54-34-35-19-21-37(22-20-35)48-33-47(36-11-3-1-4-12-36)55-53(56-48)38-23-27-42(28-24-38)58-50-18-10-8-16-44(50)46-32-40(26-30-52(46)58)39-25-29-51-45(31-39)43-15-7-9-17-49(43)57(51)41-13-5-2-6-14-41/h1-33H. The minimum Gasteiger partial charge on any atom is -0.309 e. The summed E-state index contributed by atoms with van der Waals surface area (Å²) in [5, 5.41) is 14.3. The molecule has 5 heteroatoms. The van der Waals surface area contributed by atoms with Gasteiger partial charge in [0.25, 0.3) is 0 Å². The zero-order chi connectivity index (χ0) is 38.6. The van der Waals surface area contributed by atoms with E-state index in [0.717, 1.165) is 50.5 Å². The minimum absolute atomic E-state index is 0.614. The Balaban J connectivity index is 1.00. The molecule has 0 N–H and O–H groups in total. The van der Waals surface area contributed by atoms with E-state index in [-0.39, 0.29) is 0 Å². The molecule has 0 aliphatic carbocycles. The van der Waals surface area contributed by atoms with Gasteiger partial charge >= 0.3 is 0 Å². The third-order valence-corrected chi connectivity index (χ3v) is 11.2. The minimum atomic E-state index is 0.614. The van der Waals surface area contributed by atoms with Crippen LogP contribution in [0.1, 0.15) is 5.56 Å². The van der Waals surface area contributed by atoms with Crippen molar-refractivity contribution in [1.82, 2.24) is 19.1 Å². The van der Waals surface area contributed by atoms with E-state index in [0.29, 0.717) is 11.4 Å². The Hall–Kier alpha value is -8.07. The lowest BCUT2D eigenvalue weighted by Crippen LogP contribution is -1.97. The molecule has 0 fully saturated rings. The molecule has 0 atom stereocenters. The highest BCUT2D eigenvalue weighted by Crippen LogP contribution is 2.38. The Morgan fingerprint density at radius 1 is 0.345 bits per heavy atom. The third-order valence-electron chi connectivity index (χ3n) is 11.2. The second-order valence-electron chi connectivity index (χ2n) is 14.6. The van der Waals surface area contributed by atoms with Gasteiger partial charge in [-0.05, 0) is 102 Å². The Morgan fingerprint density at radius 3 is 1.33 bits per heavy atom. The van der Waals surface area contributed by atoms with Crippen LogP contribution in [0, 0.1) is 11.3 Å². The lowest BCUT2D eigenvalue weighted by Gasteiger charge is -2.11. The third kappa shape index (κ3) is 5.55. The van der Waals surface area contributed by atoms with E-state index < -0.39 is 0 Å². The van der Waals surface area contributed by atoms with Crippen LogP contribution in [-0.4, -0.2) is 19.1 Å². The average Bonchev–Trinajstić information content (AvgIpc) is 3.82. The number of benzene rings is 8. The molecule has 0 saturated carbocycles. The second kappa shape index (κ2) is 13.6. The maximum Gasteiger partial charge on any atom is 0.160 e. The summed E-state index contributed by atoms with van der Waals surface area (Å²) in [6, 6.07) is 72.1. The molecule has 11 rings (SSSR count). The van der Waals surface area contributed by atoms with Crippen molar-refractivity contribution >= 4 is 43.6 Å². The van der Waals surface area contributed by atoms with Gasteiger partial charge in [0.05, 0.1) is 45.1 Å². The summed E-state index contributed by atoms with van der Waals surface area (Å²) in [7, 11) is 0. The van der Waals surface area contributed by atoms with Gasteiger partial charge in [0.2, 0.25) is 0 Å². The number of nitriles is 1. The molecule has 11 aromatic rings. The Kier molecular flexibility index (Phi) is 7.80. The number of para-hydroxylation sites is 3. The van der Waals surface area contributed by atoms with E-state index in [1.165, 1.54) is 43.7 Å². The van der Waals surface area contributed by atoms with Crippen molar-refractivity contribution in [3.63, 3.8) is 0 Å². The van der Waals surface area contributed by atoms with Crippen LogP contribution in [0.4, 0.5) is 0 Å². The molecule has 0 unspecified atom stereocenters. The summed E-state index contributed by atoms with van der Waals surface area (Å²) < 4.78 is 4.70. The molecule has 0 bridgehead atoms. The van der Waals surface area contributed by atoms with Gasteiger partial charge in [-0.15, -0.1) is 0 Å². The summed E-state index contributed by atoms with van der Waals surface area (Å²) in [5.41, 5.74) is 14.4. The fourth-order valence-electron chi connectivity index (χ4n) is 8.39. The van der Waals surface area contributed by atoms with E-state index in [9.17, 15) is 5.26 Å². The lowest BCUT2D eigenvalue weighted by molar-refractivity contribution is 1.16. The number of hydrogen-bond acceptors (Lipinski definition) is 3. The van der Waals surface area contributed by atoms with Gasteiger partial charge in [0.15, 0.2) is 5.82 Å². The first-order valence-electron chi connectivity index (χ1n) is 19.4. The highest BCUT2D eigenvalue weighted by molar-refractivity contribution is 6.12. The van der Waals surface area contributed by atoms with E-state index >= 15 is 0 Å². The molecule has 5 nitrogen and oxygen atoms in total. The van der Waals surface area contributed by atoms with Crippen molar-refractivity contribution in [2.75, 3.05) is 0 Å². The summed E-state index contributed by atoms with van der Waals surface area (Å²) in [4.78, 5) is 10.1. The molecule has 3 aromatic heterocycles. The van der Waals surface area contributed by atoms with Crippen molar-refractivity contribution in [3.05, 3.63) is 206 Å². The molecule has 0 saturated heterocycles. The predicted molar refractivity (Wildman–Crippen MR) is 237 cm³/mol. The quantitative estimate of drug-likeness (QED) is 0.171. The van der Waals surface area contributed by atoms with Crippen molar-refractivity contribution in [3.8, 4) is 62.5 Å². The number of hydrogen-bond donors (Lipinski definition) is 0. The fourth-order valence-corrected chi connectivity index (χ4v) is 8.39. The molecule has 0 amide bonds. The van der Waals surface area contributed by atoms with Gasteiger partial charge in [-0.3, -0.25) is 0 Å². The van der Waals surface area contributed by atoms with Crippen molar-refractivity contribution in [1.29, 1.82) is 5.26 Å². The van der Waals surface area contributed by atoms with Gasteiger partial charge in [-0.1, -0.05) is 109 Å². The van der Waals surface area contributed by atoms with E-state index in [2.05, 4.69) is 167 Å². The Bertz CT molecular complexity index is 3370. The van der Waals surface area contributed by atoms with Crippen molar-refractivity contribution in [2.45, 2.75) is 0 Å². The molecule has 58 heavy (non-hydrogen) atoms. The molecule has 3 heterocycles. The topological polar surface area (TPSA) is 59.4 Å². The van der Waals surface area contributed by atoms with Crippen LogP contribution in [0.2, 0.25) is 0 Å². The van der Waals surface area contributed by atoms with Crippen LogP contribution in [0.15, 0.2) is 200 Å². The van der Waals surface area contributed by atoms with Crippen molar-refractivity contribution in [2.24, 2.45) is 0 Å². The van der Waals surface area contributed by atoms with Gasteiger partial charge in [0, 0.05) is 49.6 Å². The molecular formula is C53H33N5. The van der Waals surface area contributed by atoms with Crippen LogP contribution in [0.3, 0.4) is 0 Å². The first kappa shape index (κ1) is 33.3. The van der Waals surface area contributed by atoms with Crippen LogP contribution in [-0.2, 0) is 0 Å². The Labute approximate surface area is 335 Å². The summed E-state index contributed by atoms with van der Waals surface area (Å²) >= 11 is 0. The van der Waals surface area contributed by atoms with Gasteiger partial charge in [-0.25, -0.2) is 9.97 Å². The average molecular weight is 740 g/mol. The normalized spacial score (nSPS) is 11.4. The number of nitrogens with zero attached hydrogens (tertiary/aromatic N) is 5. The summed E-state index contributed by atoms with van der Waals surface area (Å²) in [6.07, 6.45) is 0. The summed E-state index contributed by atoms with van der Waals surface area (Å²) in [5.74, 6) is 0.642. The molecule has 270 valence electrons. The smallest absolute Gasteiger partial charge is 0.160 e. The predicted octanol–water partition coefficient (Wildman–Crippen LogP) is 13.2. The monoisotopic (exact) mass is 739 g/mol. The molecule has 0 aliphatic heterocycles. The largest absolute Gasteiger partial charge is 0.309 e. The first-order valence-corrected chi connectivity index (χ1v) is 19.4.